The van der Waals surface area contributed by atoms with E-state index >= 15 is 0 Å². The van der Waals surface area contributed by atoms with Gasteiger partial charge in [0, 0.05) is 30.7 Å². The minimum absolute atomic E-state index is 1.11. The molecule has 1 aliphatic heterocycles. The molecule has 0 amide bonds. The lowest BCUT2D eigenvalue weighted by molar-refractivity contribution is 0.278. The average molecular weight is 256 g/mol. The predicted molar refractivity (Wildman–Crippen MR) is 81.4 cm³/mol. The Kier molecular flexibility index (Phi) is 3.61. The molecule has 1 aromatic heterocycles. The molecule has 1 aliphatic rings. The van der Waals surface area contributed by atoms with Crippen LogP contribution in [0.5, 0.6) is 0 Å². The van der Waals surface area contributed by atoms with Crippen molar-refractivity contribution < 1.29 is 0 Å². The number of rotatable bonds is 2. The third kappa shape index (κ3) is 2.69. The monoisotopic (exact) mass is 256 g/mol. The zero-order valence-electron chi connectivity index (χ0n) is 12.2. The van der Waals surface area contributed by atoms with E-state index in [9.17, 15) is 0 Å². The first-order chi connectivity index (χ1) is 9.24. The molecule has 0 spiro atoms. The van der Waals surface area contributed by atoms with Crippen LogP contribution in [0.15, 0.2) is 24.4 Å². The standard InChI is InChI=1S/C17H24N2/c1-14-7-8-16-15(12-18(2)17(16)11-14)13-19-9-5-3-4-6-10-19/h7-8,11-12H,3-6,9-10,13H2,1-2H3. The zero-order valence-corrected chi connectivity index (χ0v) is 12.2. The Labute approximate surface area is 116 Å². The minimum atomic E-state index is 1.11. The molecule has 0 N–H and O–H groups in total. The summed E-state index contributed by atoms with van der Waals surface area (Å²) in [7, 11) is 2.16. The van der Waals surface area contributed by atoms with E-state index in [1.54, 1.807) is 0 Å². The molecular formula is C17H24N2. The topological polar surface area (TPSA) is 8.17 Å². The summed E-state index contributed by atoms with van der Waals surface area (Å²) in [6.45, 7) is 5.81. The Hall–Kier alpha value is -1.28. The maximum Gasteiger partial charge on any atom is 0.0483 e. The van der Waals surface area contributed by atoms with Gasteiger partial charge in [0.1, 0.15) is 0 Å². The molecule has 0 bridgehead atoms. The smallest absolute Gasteiger partial charge is 0.0483 e. The minimum Gasteiger partial charge on any atom is -0.350 e. The molecule has 0 atom stereocenters. The first-order valence-electron chi connectivity index (χ1n) is 7.51. The van der Waals surface area contributed by atoms with Crippen LogP contribution in [0.1, 0.15) is 36.8 Å². The molecule has 2 heteroatoms. The predicted octanol–water partition coefficient (Wildman–Crippen LogP) is 3.86. The Balaban J connectivity index is 1.88. The summed E-state index contributed by atoms with van der Waals surface area (Å²) in [6.07, 6.45) is 7.86. The van der Waals surface area contributed by atoms with Crippen LogP contribution in [0.4, 0.5) is 0 Å². The van der Waals surface area contributed by atoms with Crippen molar-refractivity contribution in [2.45, 2.75) is 39.2 Å². The van der Waals surface area contributed by atoms with E-state index in [1.807, 2.05) is 0 Å². The lowest BCUT2D eigenvalue weighted by atomic mass is 10.1. The van der Waals surface area contributed by atoms with Crippen LogP contribution in [0.2, 0.25) is 0 Å². The van der Waals surface area contributed by atoms with Crippen molar-refractivity contribution in [1.82, 2.24) is 9.47 Å². The van der Waals surface area contributed by atoms with Gasteiger partial charge in [0.15, 0.2) is 0 Å². The van der Waals surface area contributed by atoms with Gasteiger partial charge in [-0.3, -0.25) is 4.90 Å². The Morgan fingerprint density at radius 1 is 1.05 bits per heavy atom. The first kappa shape index (κ1) is 12.7. The number of hydrogen-bond donors (Lipinski definition) is 0. The van der Waals surface area contributed by atoms with Crippen molar-refractivity contribution in [1.29, 1.82) is 0 Å². The number of hydrogen-bond acceptors (Lipinski definition) is 1. The van der Waals surface area contributed by atoms with Crippen LogP contribution in [-0.4, -0.2) is 22.6 Å². The fraction of sp³-hybridized carbons (Fsp3) is 0.529. The molecule has 2 aromatic rings. The van der Waals surface area contributed by atoms with Crippen LogP contribution in [0.25, 0.3) is 10.9 Å². The van der Waals surface area contributed by atoms with Crippen LogP contribution in [-0.2, 0) is 13.6 Å². The van der Waals surface area contributed by atoms with Gasteiger partial charge in [-0.25, -0.2) is 0 Å². The molecule has 1 fully saturated rings. The lowest BCUT2D eigenvalue weighted by Crippen LogP contribution is -2.23. The number of aromatic nitrogens is 1. The maximum atomic E-state index is 2.63. The third-order valence-corrected chi connectivity index (χ3v) is 4.32. The third-order valence-electron chi connectivity index (χ3n) is 4.32. The second-order valence-corrected chi connectivity index (χ2v) is 5.98. The Bertz CT molecular complexity index is 560. The summed E-state index contributed by atoms with van der Waals surface area (Å²) >= 11 is 0. The Morgan fingerprint density at radius 2 is 1.79 bits per heavy atom. The normalized spacial score (nSPS) is 17.8. The summed E-state index contributed by atoms with van der Waals surface area (Å²) < 4.78 is 2.27. The van der Waals surface area contributed by atoms with Crippen LogP contribution in [0, 0.1) is 6.92 Å². The number of aryl methyl sites for hydroxylation is 2. The molecule has 2 heterocycles. The number of benzene rings is 1. The second kappa shape index (κ2) is 5.38. The van der Waals surface area contributed by atoms with Crippen molar-refractivity contribution >= 4 is 10.9 Å². The molecule has 0 aliphatic carbocycles. The van der Waals surface area contributed by atoms with Crippen LogP contribution in [0.3, 0.4) is 0 Å². The molecule has 0 unspecified atom stereocenters. The molecule has 102 valence electrons. The van der Waals surface area contributed by atoms with Crippen molar-refractivity contribution in [3.8, 4) is 0 Å². The highest BCUT2D eigenvalue weighted by Gasteiger charge is 2.13. The van der Waals surface area contributed by atoms with E-state index in [2.05, 4.69) is 47.8 Å². The molecule has 3 rings (SSSR count). The summed E-state index contributed by atoms with van der Waals surface area (Å²) in [5.74, 6) is 0. The molecule has 1 saturated heterocycles. The van der Waals surface area contributed by atoms with Gasteiger partial charge in [-0.15, -0.1) is 0 Å². The Morgan fingerprint density at radius 3 is 2.53 bits per heavy atom. The van der Waals surface area contributed by atoms with E-state index in [4.69, 9.17) is 0 Å². The van der Waals surface area contributed by atoms with Gasteiger partial charge in [-0.2, -0.15) is 0 Å². The van der Waals surface area contributed by atoms with Crippen LogP contribution >= 0.6 is 0 Å². The van der Waals surface area contributed by atoms with Gasteiger partial charge in [0.25, 0.3) is 0 Å². The summed E-state index contributed by atoms with van der Waals surface area (Å²) in [4.78, 5) is 2.63. The molecule has 0 saturated carbocycles. The number of fused-ring (bicyclic) bond motifs is 1. The molecule has 19 heavy (non-hydrogen) atoms. The summed E-state index contributed by atoms with van der Waals surface area (Å²) in [5.41, 5.74) is 4.19. The first-order valence-corrected chi connectivity index (χ1v) is 7.51. The van der Waals surface area contributed by atoms with Gasteiger partial charge in [0.2, 0.25) is 0 Å². The highest BCUT2D eigenvalue weighted by Crippen LogP contribution is 2.24. The average Bonchev–Trinajstić information content (AvgIpc) is 2.58. The van der Waals surface area contributed by atoms with Gasteiger partial charge < -0.3 is 4.57 Å². The molecule has 0 radical (unpaired) electrons. The summed E-state index contributed by atoms with van der Waals surface area (Å²) in [6, 6.07) is 6.81. The van der Waals surface area contributed by atoms with Gasteiger partial charge in [0.05, 0.1) is 0 Å². The van der Waals surface area contributed by atoms with E-state index in [0.717, 1.165) is 6.54 Å². The van der Waals surface area contributed by atoms with Crippen molar-refractivity contribution in [2.24, 2.45) is 7.05 Å². The van der Waals surface area contributed by atoms with E-state index in [0.29, 0.717) is 0 Å². The highest BCUT2D eigenvalue weighted by atomic mass is 15.1. The zero-order chi connectivity index (χ0) is 13.2. The molecule has 2 nitrogen and oxygen atoms in total. The largest absolute Gasteiger partial charge is 0.350 e. The van der Waals surface area contributed by atoms with Crippen molar-refractivity contribution in [3.63, 3.8) is 0 Å². The van der Waals surface area contributed by atoms with Crippen molar-refractivity contribution in [2.75, 3.05) is 13.1 Å². The summed E-state index contributed by atoms with van der Waals surface area (Å²) in [5, 5.41) is 1.43. The van der Waals surface area contributed by atoms with Gasteiger partial charge >= 0.3 is 0 Å². The van der Waals surface area contributed by atoms with E-state index in [1.165, 1.54) is 60.8 Å². The fourth-order valence-corrected chi connectivity index (χ4v) is 3.24. The van der Waals surface area contributed by atoms with Crippen LogP contribution < -0.4 is 0 Å². The van der Waals surface area contributed by atoms with Crippen molar-refractivity contribution in [3.05, 3.63) is 35.5 Å². The lowest BCUT2D eigenvalue weighted by Gasteiger charge is -2.19. The van der Waals surface area contributed by atoms with Gasteiger partial charge in [-0.1, -0.05) is 25.0 Å². The molecule has 1 aromatic carbocycles. The maximum absolute atomic E-state index is 2.63. The quantitative estimate of drug-likeness (QED) is 0.792. The number of likely N-dealkylation sites (tertiary alicyclic amines) is 1. The highest BCUT2D eigenvalue weighted by molar-refractivity contribution is 5.84. The van der Waals surface area contributed by atoms with Gasteiger partial charge in [-0.05, 0) is 50.0 Å². The number of nitrogens with zero attached hydrogens (tertiary/aromatic N) is 2. The SMILES string of the molecule is Cc1ccc2c(CN3CCCCCC3)cn(C)c2c1. The molecular weight excluding hydrogens is 232 g/mol. The second-order valence-electron chi connectivity index (χ2n) is 5.98. The fourth-order valence-electron chi connectivity index (χ4n) is 3.24. The van der Waals surface area contributed by atoms with E-state index in [-0.39, 0.29) is 0 Å². The van der Waals surface area contributed by atoms with E-state index < -0.39 is 0 Å².